The van der Waals surface area contributed by atoms with Gasteiger partial charge in [0.25, 0.3) is 0 Å². The summed E-state index contributed by atoms with van der Waals surface area (Å²) >= 11 is 0. The number of halogens is 3. The highest BCUT2D eigenvalue weighted by Gasteiger charge is 2.28. The zero-order valence-corrected chi connectivity index (χ0v) is 17.5. The smallest absolute Gasteiger partial charge is 0.367 e. The number of nitrogens with zero attached hydrogens (tertiary/aromatic N) is 1. The van der Waals surface area contributed by atoms with Gasteiger partial charge in [-0.15, -0.1) is 0 Å². The van der Waals surface area contributed by atoms with Gasteiger partial charge in [0.1, 0.15) is 6.61 Å². The van der Waals surface area contributed by atoms with Crippen LogP contribution in [0.5, 0.6) is 0 Å². The highest BCUT2D eigenvalue weighted by atomic mass is 19.4. The Hall–Kier alpha value is -3.07. The van der Waals surface area contributed by atoms with Gasteiger partial charge in [-0.3, -0.25) is 4.79 Å². The molecule has 1 aliphatic heterocycles. The Morgan fingerprint density at radius 3 is 2.22 bits per heavy atom. The molecule has 3 rings (SSSR count). The van der Waals surface area contributed by atoms with E-state index in [0.717, 1.165) is 11.3 Å². The van der Waals surface area contributed by atoms with E-state index in [1.165, 1.54) is 0 Å². The Bertz CT molecular complexity index is 881. The summed E-state index contributed by atoms with van der Waals surface area (Å²) < 4.78 is 41.0. The molecule has 3 amide bonds. The molecule has 0 aromatic heterocycles. The fourth-order valence-electron chi connectivity index (χ4n) is 3.44. The van der Waals surface area contributed by atoms with Crippen molar-refractivity contribution in [1.29, 1.82) is 0 Å². The molecule has 0 radical (unpaired) electrons. The Morgan fingerprint density at radius 1 is 0.969 bits per heavy atom. The van der Waals surface area contributed by atoms with E-state index in [2.05, 4.69) is 15.4 Å². The molecule has 2 aromatic rings. The monoisotopic (exact) mass is 449 g/mol. The topological polar surface area (TPSA) is 70.7 Å². The molecule has 1 aliphatic rings. The number of amides is 3. The zero-order valence-electron chi connectivity index (χ0n) is 17.5. The van der Waals surface area contributed by atoms with Gasteiger partial charge in [-0.1, -0.05) is 42.5 Å². The number of anilines is 1. The number of para-hydroxylation sites is 1. The molecule has 0 unspecified atom stereocenters. The first-order valence-corrected chi connectivity index (χ1v) is 10.4. The lowest BCUT2D eigenvalue weighted by molar-refractivity contribution is -0.176. The Balaban J connectivity index is 1.37. The van der Waals surface area contributed by atoms with Gasteiger partial charge >= 0.3 is 12.2 Å². The van der Waals surface area contributed by atoms with Crippen LogP contribution in [-0.4, -0.2) is 42.7 Å². The fraction of sp³-hybridized carbons (Fsp3) is 0.391. The van der Waals surface area contributed by atoms with Gasteiger partial charge in [-0.2, -0.15) is 13.2 Å². The SMILES string of the molecule is O=C(Nc1ccccc1)C1CCN(C(=O)NCc2ccc(COCC(F)(F)F)cc2)CC1. The Morgan fingerprint density at radius 2 is 1.59 bits per heavy atom. The maximum absolute atomic E-state index is 12.4. The second-order valence-corrected chi connectivity index (χ2v) is 7.70. The molecule has 1 fully saturated rings. The van der Waals surface area contributed by atoms with Crippen LogP contribution >= 0.6 is 0 Å². The molecular formula is C23H26F3N3O3. The Kier molecular flexibility index (Phi) is 8.10. The Labute approximate surface area is 184 Å². The van der Waals surface area contributed by atoms with Crippen LogP contribution in [0.4, 0.5) is 23.7 Å². The average molecular weight is 449 g/mol. The van der Waals surface area contributed by atoms with E-state index < -0.39 is 12.8 Å². The number of carbonyl (C=O) groups is 2. The van der Waals surface area contributed by atoms with Crippen LogP contribution in [0.15, 0.2) is 54.6 Å². The first kappa shape index (κ1) is 23.6. The van der Waals surface area contributed by atoms with E-state index >= 15 is 0 Å². The van der Waals surface area contributed by atoms with Gasteiger partial charge in [-0.25, -0.2) is 4.79 Å². The number of ether oxygens (including phenoxy) is 1. The van der Waals surface area contributed by atoms with E-state index in [-0.39, 0.29) is 24.5 Å². The number of rotatable bonds is 7. The van der Waals surface area contributed by atoms with Crippen molar-refractivity contribution in [3.63, 3.8) is 0 Å². The minimum Gasteiger partial charge on any atom is -0.367 e. The van der Waals surface area contributed by atoms with Crippen molar-refractivity contribution in [3.05, 3.63) is 65.7 Å². The summed E-state index contributed by atoms with van der Waals surface area (Å²) in [6, 6.07) is 15.9. The highest BCUT2D eigenvalue weighted by Crippen LogP contribution is 2.20. The third-order valence-corrected chi connectivity index (χ3v) is 5.20. The lowest BCUT2D eigenvalue weighted by Crippen LogP contribution is -2.45. The minimum atomic E-state index is -4.34. The quantitative estimate of drug-likeness (QED) is 0.661. The lowest BCUT2D eigenvalue weighted by Gasteiger charge is -2.31. The number of benzene rings is 2. The molecule has 6 nitrogen and oxygen atoms in total. The van der Waals surface area contributed by atoms with Gasteiger partial charge < -0.3 is 20.3 Å². The summed E-state index contributed by atoms with van der Waals surface area (Å²) in [4.78, 5) is 26.5. The molecular weight excluding hydrogens is 423 g/mol. The van der Waals surface area contributed by atoms with E-state index in [0.29, 0.717) is 38.0 Å². The predicted molar refractivity (Wildman–Crippen MR) is 114 cm³/mol. The number of hydrogen-bond acceptors (Lipinski definition) is 3. The molecule has 2 N–H and O–H groups in total. The summed E-state index contributed by atoms with van der Waals surface area (Å²) in [6.07, 6.45) is -3.15. The summed E-state index contributed by atoms with van der Waals surface area (Å²) in [5.74, 6) is -0.165. The highest BCUT2D eigenvalue weighted by molar-refractivity contribution is 5.92. The number of carbonyl (C=O) groups excluding carboxylic acids is 2. The predicted octanol–water partition coefficient (Wildman–Crippen LogP) is 4.33. The van der Waals surface area contributed by atoms with Crippen molar-refractivity contribution in [2.24, 2.45) is 5.92 Å². The first-order valence-electron chi connectivity index (χ1n) is 10.4. The zero-order chi connectivity index (χ0) is 23.0. The second-order valence-electron chi connectivity index (χ2n) is 7.70. The standard InChI is InChI=1S/C23H26F3N3O3/c24-23(25,26)16-32-15-18-8-6-17(7-9-18)14-27-22(31)29-12-10-19(11-13-29)21(30)28-20-4-2-1-3-5-20/h1-9,19H,10-16H2,(H,27,31)(H,28,30). The van der Waals surface area contributed by atoms with Gasteiger partial charge in [-0.05, 0) is 36.1 Å². The molecule has 2 aromatic carbocycles. The minimum absolute atomic E-state index is 0.0319. The maximum Gasteiger partial charge on any atom is 0.411 e. The van der Waals surface area contributed by atoms with Gasteiger partial charge in [0.15, 0.2) is 0 Å². The van der Waals surface area contributed by atoms with Crippen LogP contribution in [0.1, 0.15) is 24.0 Å². The van der Waals surface area contributed by atoms with E-state index in [9.17, 15) is 22.8 Å². The number of hydrogen-bond donors (Lipinski definition) is 2. The molecule has 32 heavy (non-hydrogen) atoms. The van der Waals surface area contributed by atoms with E-state index in [4.69, 9.17) is 0 Å². The average Bonchev–Trinajstić information content (AvgIpc) is 2.78. The number of urea groups is 1. The maximum atomic E-state index is 12.4. The molecule has 1 heterocycles. The van der Waals surface area contributed by atoms with Crippen molar-refractivity contribution in [3.8, 4) is 0 Å². The van der Waals surface area contributed by atoms with Crippen molar-refractivity contribution >= 4 is 17.6 Å². The molecule has 1 saturated heterocycles. The lowest BCUT2D eigenvalue weighted by atomic mass is 9.96. The van der Waals surface area contributed by atoms with Crippen LogP contribution in [0, 0.1) is 5.92 Å². The van der Waals surface area contributed by atoms with Crippen LogP contribution in [0.25, 0.3) is 0 Å². The van der Waals surface area contributed by atoms with Crippen molar-refractivity contribution in [2.75, 3.05) is 25.0 Å². The third-order valence-electron chi connectivity index (χ3n) is 5.20. The van der Waals surface area contributed by atoms with Crippen molar-refractivity contribution < 1.29 is 27.5 Å². The number of alkyl halides is 3. The molecule has 0 atom stereocenters. The van der Waals surface area contributed by atoms with E-state index in [1.54, 1.807) is 29.2 Å². The van der Waals surface area contributed by atoms with Crippen molar-refractivity contribution in [2.45, 2.75) is 32.2 Å². The van der Waals surface area contributed by atoms with Gasteiger partial charge in [0, 0.05) is 31.2 Å². The van der Waals surface area contributed by atoms with Crippen LogP contribution in [0.2, 0.25) is 0 Å². The van der Waals surface area contributed by atoms with Crippen LogP contribution < -0.4 is 10.6 Å². The largest absolute Gasteiger partial charge is 0.411 e. The number of likely N-dealkylation sites (tertiary alicyclic amines) is 1. The summed E-state index contributed by atoms with van der Waals surface area (Å²) in [6.45, 7) is -0.117. The fourth-order valence-corrected chi connectivity index (χ4v) is 3.44. The van der Waals surface area contributed by atoms with Gasteiger partial charge in [0.2, 0.25) is 5.91 Å². The number of nitrogens with one attached hydrogen (secondary N) is 2. The summed E-state index contributed by atoms with van der Waals surface area (Å²) in [5.41, 5.74) is 2.21. The van der Waals surface area contributed by atoms with Crippen LogP contribution in [0.3, 0.4) is 0 Å². The summed E-state index contributed by atoms with van der Waals surface area (Å²) in [7, 11) is 0. The first-order chi connectivity index (χ1) is 15.3. The van der Waals surface area contributed by atoms with Crippen molar-refractivity contribution in [1.82, 2.24) is 10.2 Å². The van der Waals surface area contributed by atoms with Crippen LogP contribution in [-0.2, 0) is 22.7 Å². The number of piperidine rings is 1. The molecule has 172 valence electrons. The molecule has 9 heteroatoms. The molecule has 0 spiro atoms. The van der Waals surface area contributed by atoms with E-state index in [1.807, 2.05) is 30.3 Å². The normalized spacial score (nSPS) is 14.8. The second kappa shape index (κ2) is 11.0. The molecule has 0 aliphatic carbocycles. The molecule has 0 saturated carbocycles. The molecule has 0 bridgehead atoms. The third kappa shape index (κ3) is 7.56. The van der Waals surface area contributed by atoms with Gasteiger partial charge in [0.05, 0.1) is 6.61 Å². The summed E-state index contributed by atoms with van der Waals surface area (Å²) in [5, 5.41) is 5.75.